The third-order valence-electron chi connectivity index (χ3n) is 4.69. The third-order valence-corrected chi connectivity index (χ3v) is 4.69. The summed E-state index contributed by atoms with van der Waals surface area (Å²) in [5.41, 5.74) is 0.640. The predicted octanol–water partition coefficient (Wildman–Crippen LogP) is 2.68. The lowest BCUT2D eigenvalue weighted by Gasteiger charge is -2.12. The van der Waals surface area contributed by atoms with Gasteiger partial charge in [0.2, 0.25) is 11.7 Å². The molecule has 0 unspecified atom stereocenters. The average Bonchev–Trinajstić information content (AvgIpc) is 3.23. The summed E-state index contributed by atoms with van der Waals surface area (Å²) in [5.74, 6) is 1.43. The number of aromatic nitrogens is 4. The summed E-state index contributed by atoms with van der Waals surface area (Å²) in [6, 6.07) is 14.3. The van der Waals surface area contributed by atoms with Crippen LogP contribution >= 0.6 is 0 Å². The van der Waals surface area contributed by atoms with Gasteiger partial charge in [-0.05, 0) is 42.8 Å². The van der Waals surface area contributed by atoms with E-state index in [1.165, 1.54) is 9.13 Å². The molecule has 0 N–H and O–H groups in total. The van der Waals surface area contributed by atoms with Gasteiger partial charge < -0.3 is 9.26 Å². The summed E-state index contributed by atoms with van der Waals surface area (Å²) in [5, 5.41) is 4.50. The van der Waals surface area contributed by atoms with E-state index in [2.05, 4.69) is 10.1 Å². The highest BCUT2D eigenvalue weighted by Crippen LogP contribution is 2.20. The van der Waals surface area contributed by atoms with Gasteiger partial charge in [0.25, 0.3) is 5.56 Å². The Morgan fingerprint density at radius 1 is 1.03 bits per heavy atom. The first-order chi connectivity index (χ1) is 14.1. The number of benzene rings is 2. The maximum Gasteiger partial charge on any atom is 0.331 e. The molecule has 2 heterocycles. The van der Waals surface area contributed by atoms with Crippen LogP contribution in [-0.2, 0) is 13.1 Å². The number of rotatable bonds is 6. The Morgan fingerprint density at radius 2 is 1.79 bits per heavy atom. The molecule has 0 aliphatic heterocycles. The lowest BCUT2D eigenvalue weighted by molar-refractivity contribution is 0.369. The predicted molar refractivity (Wildman–Crippen MR) is 108 cm³/mol. The van der Waals surface area contributed by atoms with Crippen LogP contribution in [0, 0.1) is 0 Å². The Morgan fingerprint density at radius 3 is 2.52 bits per heavy atom. The van der Waals surface area contributed by atoms with E-state index in [1.54, 1.807) is 31.4 Å². The second-order valence-corrected chi connectivity index (χ2v) is 6.58. The molecule has 0 bridgehead atoms. The molecule has 0 fully saturated rings. The van der Waals surface area contributed by atoms with E-state index >= 15 is 0 Å². The molecule has 4 rings (SSSR count). The van der Waals surface area contributed by atoms with E-state index in [0.29, 0.717) is 29.7 Å². The number of ether oxygens (including phenoxy) is 1. The second kappa shape index (κ2) is 7.75. The zero-order valence-electron chi connectivity index (χ0n) is 16.2. The Bertz CT molecular complexity index is 1270. The van der Waals surface area contributed by atoms with Gasteiger partial charge in [0, 0.05) is 12.1 Å². The fraction of sp³-hybridized carbons (Fsp3) is 0.238. The molecule has 0 atom stereocenters. The number of methoxy groups -OCH3 is 1. The largest absolute Gasteiger partial charge is 0.497 e. The normalized spacial score (nSPS) is 11.1. The molecule has 0 amide bonds. The Kier molecular flexibility index (Phi) is 4.99. The van der Waals surface area contributed by atoms with Crippen molar-refractivity contribution in [3.05, 3.63) is 75.3 Å². The maximum atomic E-state index is 13.0. The van der Waals surface area contributed by atoms with Gasteiger partial charge in [-0.25, -0.2) is 4.79 Å². The van der Waals surface area contributed by atoms with Crippen LogP contribution in [0.5, 0.6) is 5.75 Å². The Labute approximate surface area is 166 Å². The molecule has 2 aromatic carbocycles. The summed E-state index contributed by atoms with van der Waals surface area (Å²) in [7, 11) is 1.60. The van der Waals surface area contributed by atoms with E-state index < -0.39 is 0 Å². The molecule has 0 radical (unpaired) electrons. The van der Waals surface area contributed by atoms with Gasteiger partial charge in [0.15, 0.2) is 0 Å². The Hall–Kier alpha value is -3.68. The monoisotopic (exact) mass is 392 g/mol. The molecular formula is C21H20N4O4. The topological polar surface area (TPSA) is 92.2 Å². The van der Waals surface area contributed by atoms with Crippen LogP contribution in [0.25, 0.3) is 22.3 Å². The van der Waals surface area contributed by atoms with Gasteiger partial charge in [-0.1, -0.05) is 24.2 Å². The van der Waals surface area contributed by atoms with E-state index in [0.717, 1.165) is 11.3 Å². The van der Waals surface area contributed by atoms with E-state index in [4.69, 9.17) is 9.26 Å². The molecule has 148 valence electrons. The highest BCUT2D eigenvalue weighted by molar-refractivity contribution is 5.77. The van der Waals surface area contributed by atoms with Gasteiger partial charge in [-0.3, -0.25) is 13.9 Å². The van der Waals surface area contributed by atoms with E-state index in [9.17, 15) is 9.59 Å². The zero-order chi connectivity index (χ0) is 20.4. The van der Waals surface area contributed by atoms with Crippen molar-refractivity contribution >= 4 is 10.9 Å². The second-order valence-electron chi connectivity index (χ2n) is 6.58. The third kappa shape index (κ3) is 3.44. The number of hydrogen-bond donors (Lipinski definition) is 0. The fourth-order valence-electron chi connectivity index (χ4n) is 3.26. The lowest BCUT2D eigenvalue weighted by Crippen LogP contribution is -2.40. The molecule has 0 aliphatic carbocycles. The SMILES string of the molecule is CCCn1c(=O)c2ccccc2n(Cc2nc(-c3ccc(OC)cc3)no2)c1=O. The molecular weight excluding hydrogens is 372 g/mol. The Balaban J connectivity index is 1.76. The zero-order valence-corrected chi connectivity index (χ0v) is 16.2. The average molecular weight is 392 g/mol. The molecule has 0 spiro atoms. The fourth-order valence-corrected chi connectivity index (χ4v) is 3.26. The van der Waals surface area contributed by atoms with Crippen molar-refractivity contribution in [1.82, 2.24) is 19.3 Å². The molecule has 8 nitrogen and oxygen atoms in total. The van der Waals surface area contributed by atoms with Crippen LogP contribution in [-0.4, -0.2) is 26.4 Å². The van der Waals surface area contributed by atoms with Gasteiger partial charge in [0.1, 0.15) is 12.3 Å². The number of nitrogens with zero attached hydrogens (tertiary/aromatic N) is 4. The van der Waals surface area contributed by atoms with Crippen molar-refractivity contribution in [3.63, 3.8) is 0 Å². The lowest BCUT2D eigenvalue weighted by atomic mass is 10.2. The standard InChI is InChI=1S/C21H20N4O4/c1-3-12-24-20(26)16-6-4-5-7-17(16)25(21(24)27)13-18-22-19(23-29-18)14-8-10-15(28-2)11-9-14/h4-11H,3,12-13H2,1-2H3. The van der Waals surface area contributed by atoms with Gasteiger partial charge in [0.05, 0.1) is 18.0 Å². The van der Waals surface area contributed by atoms with Gasteiger partial charge in [-0.15, -0.1) is 0 Å². The van der Waals surface area contributed by atoms with Gasteiger partial charge in [-0.2, -0.15) is 4.98 Å². The molecule has 29 heavy (non-hydrogen) atoms. The molecule has 0 aliphatic rings. The molecule has 0 saturated heterocycles. The minimum atomic E-state index is -0.389. The van der Waals surface area contributed by atoms with E-state index in [1.807, 2.05) is 31.2 Å². The van der Waals surface area contributed by atoms with Crippen molar-refractivity contribution in [2.45, 2.75) is 26.4 Å². The summed E-state index contributed by atoms with van der Waals surface area (Å²) in [6.45, 7) is 2.35. The van der Waals surface area contributed by atoms with Crippen LogP contribution in [0.2, 0.25) is 0 Å². The number of hydrogen-bond acceptors (Lipinski definition) is 6. The first kappa shape index (κ1) is 18.7. The van der Waals surface area contributed by atoms with Crippen LogP contribution < -0.4 is 16.0 Å². The first-order valence-corrected chi connectivity index (χ1v) is 9.31. The quantitative estimate of drug-likeness (QED) is 0.501. The van der Waals surface area contributed by atoms with Crippen molar-refractivity contribution in [2.24, 2.45) is 0 Å². The van der Waals surface area contributed by atoms with Crippen LogP contribution in [0.1, 0.15) is 19.2 Å². The smallest absolute Gasteiger partial charge is 0.331 e. The van der Waals surface area contributed by atoms with Crippen molar-refractivity contribution in [2.75, 3.05) is 7.11 Å². The number of para-hydroxylation sites is 1. The molecule has 8 heteroatoms. The summed E-state index contributed by atoms with van der Waals surface area (Å²) in [6.07, 6.45) is 0.676. The van der Waals surface area contributed by atoms with Gasteiger partial charge >= 0.3 is 5.69 Å². The molecule has 0 saturated carbocycles. The minimum absolute atomic E-state index is 0.0759. The first-order valence-electron chi connectivity index (χ1n) is 9.31. The van der Waals surface area contributed by atoms with Crippen LogP contribution in [0.15, 0.2) is 62.6 Å². The molecule has 2 aromatic heterocycles. The minimum Gasteiger partial charge on any atom is -0.497 e. The highest BCUT2D eigenvalue weighted by Gasteiger charge is 2.16. The van der Waals surface area contributed by atoms with Crippen molar-refractivity contribution < 1.29 is 9.26 Å². The number of fused-ring (bicyclic) bond motifs is 1. The maximum absolute atomic E-state index is 13.0. The van der Waals surface area contributed by atoms with Crippen molar-refractivity contribution in [3.8, 4) is 17.1 Å². The van der Waals surface area contributed by atoms with E-state index in [-0.39, 0.29) is 23.7 Å². The van der Waals surface area contributed by atoms with Crippen LogP contribution in [0.3, 0.4) is 0 Å². The summed E-state index contributed by atoms with van der Waals surface area (Å²) < 4.78 is 13.3. The highest BCUT2D eigenvalue weighted by atomic mass is 16.5. The van der Waals surface area contributed by atoms with Crippen molar-refractivity contribution in [1.29, 1.82) is 0 Å². The summed E-state index contributed by atoms with van der Waals surface area (Å²) >= 11 is 0. The summed E-state index contributed by atoms with van der Waals surface area (Å²) in [4.78, 5) is 30.1. The molecule has 4 aromatic rings. The van der Waals surface area contributed by atoms with Crippen LogP contribution in [0.4, 0.5) is 0 Å².